The molecule has 1 aromatic carbocycles. The van der Waals surface area contributed by atoms with Crippen molar-refractivity contribution in [3.63, 3.8) is 0 Å². The summed E-state index contributed by atoms with van der Waals surface area (Å²) in [6.45, 7) is 2.08. The second kappa shape index (κ2) is 34.7. The van der Waals surface area contributed by atoms with Crippen LogP contribution in [-0.2, 0) is 42.8 Å². The molecule has 0 atom stereocenters. The molecule has 2 rings (SSSR count). The van der Waals surface area contributed by atoms with Gasteiger partial charge in [-0.2, -0.15) is 0 Å². The first-order chi connectivity index (χ1) is 11.5. The third-order valence-corrected chi connectivity index (χ3v) is 2.29. The van der Waals surface area contributed by atoms with Crippen LogP contribution in [-0.4, -0.2) is 21.5 Å². The number of aromatic nitrogens is 1. The van der Waals surface area contributed by atoms with Gasteiger partial charge in [-0.05, 0) is 25.0 Å². The van der Waals surface area contributed by atoms with Crippen molar-refractivity contribution in [2.45, 2.75) is 19.8 Å². The van der Waals surface area contributed by atoms with Crippen LogP contribution in [0.4, 0.5) is 0 Å². The molecule has 5 N–H and O–H groups in total. The molecule has 0 fully saturated rings. The van der Waals surface area contributed by atoms with Crippen LogP contribution in [0.25, 0.3) is 6.15 Å². The Labute approximate surface area is 201 Å². The summed E-state index contributed by atoms with van der Waals surface area (Å²) in [6, 6.07) is 13.9. The number of hydrogen-bond donors (Lipinski definition) is 1. The first-order valence-electron chi connectivity index (χ1n) is 6.31. The van der Waals surface area contributed by atoms with E-state index >= 15 is 0 Å². The number of pyridine rings is 1. The minimum Gasteiger partial charge on any atom is -0.693 e. The van der Waals surface area contributed by atoms with Gasteiger partial charge in [-0.15, -0.1) is 0 Å². The number of rotatable bonds is 3. The van der Waals surface area contributed by atoms with E-state index in [2.05, 4.69) is 24.0 Å². The van der Waals surface area contributed by atoms with Crippen LogP contribution in [0.1, 0.15) is 17.5 Å². The second-order valence-electron chi connectivity index (χ2n) is 4.01. The zero-order valence-electron chi connectivity index (χ0n) is 15.7. The van der Waals surface area contributed by atoms with Crippen molar-refractivity contribution in [1.82, 2.24) is 4.98 Å². The maximum Gasteiger partial charge on any atom is -0.693 e. The molecule has 0 amide bonds. The molecule has 0 aliphatic heterocycles. The summed E-state index contributed by atoms with van der Waals surface area (Å²) in [5.41, 5.74) is 2.29. The van der Waals surface area contributed by atoms with Crippen LogP contribution in [0.15, 0.2) is 54.9 Å². The number of carboxylic acid groups (broad SMARTS) is 1. The van der Waals surface area contributed by atoms with Gasteiger partial charge in [0, 0.05) is 18.8 Å². The van der Waals surface area contributed by atoms with Gasteiger partial charge in [0.2, 0.25) is 0 Å². The summed E-state index contributed by atoms with van der Waals surface area (Å²) >= 11 is -0.818. The molecule has 5 nitrogen and oxygen atoms in total. The van der Waals surface area contributed by atoms with E-state index in [0.717, 1.165) is 5.56 Å². The van der Waals surface area contributed by atoms with Gasteiger partial charge in [0.15, 0.2) is 0 Å². The molecule has 11 heteroatoms. The fourth-order valence-electron chi connectivity index (χ4n) is 1.33. The van der Waals surface area contributed by atoms with Gasteiger partial charge in [0.1, 0.15) is 0 Å². The molecule has 0 aliphatic rings. The summed E-state index contributed by atoms with van der Waals surface area (Å²) in [4.78, 5) is 14.0. The average molecular weight is 745 g/mol. The average Bonchev–Trinajstić information content (AvgIpc) is 2.57. The Balaban J connectivity index is -0.0000000627. The second-order valence-corrected chi connectivity index (χ2v) is 9.93. The minimum atomic E-state index is -0.770. The van der Waals surface area contributed by atoms with Gasteiger partial charge in [-0.3, -0.25) is 9.78 Å². The summed E-state index contributed by atoms with van der Waals surface area (Å²) in [5.74, 6) is -0.770. The fourth-order valence-corrected chi connectivity index (χ4v) is 1.33. The number of nitrogens with two attached hydrogens (primary N) is 1. The standard InChI is InChI=1S/C8H9NO2.C7H8.2CH3.4ClH.H2N.H2O.Pt.Ru/c10-8(11)4-3-7-2-1-5-9-6-7;1-7-5-3-2-4-6-7;;;;;;;;;;/h1-2,5-6H,3-4H2,(H,10,11);2-6H,1H3;2*1H3;4*1H;2*1H2;;/q;;2*-1;;;;;-1;;+4;+2/p-4. The van der Waals surface area contributed by atoms with Crippen molar-refractivity contribution < 1.29 is 47.0 Å². The Kier molecular flexibility index (Phi) is 52.5. The fraction of sp³-hybridized carbons (Fsp3) is 0.176. The predicted molar refractivity (Wildman–Crippen MR) is 117 cm³/mol. The van der Waals surface area contributed by atoms with E-state index in [1.54, 1.807) is 18.5 Å². The maximum atomic E-state index is 10.2. The van der Waals surface area contributed by atoms with E-state index in [1.807, 2.05) is 24.3 Å². The molecular formula is C17H27Cl4N2O3PtRu-. The van der Waals surface area contributed by atoms with E-state index in [-0.39, 0.29) is 48.0 Å². The monoisotopic (exact) mass is 744 g/mol. The molecule has 1 heterocycles. The number of benzene rings is 1. The molecule has 0 unspecified atom stereocenters. The van der Waals surface area contributed by atoms with Gasteiger partial charge in [-0.25, -0.2) is 0 Å². The van der Waals surface area contributed by atoms with E-state index in [4.69, 9.17) is 43.3 Å². The molecule has 0 radical (unpaired) electrons. The predicted octanol–water partition coefficient (Wildman–Crippen LogP) is 6.64. The summed E-state index contributed by atoms with van der Waals surface area (Å²) in [7, 11) is 19.5. The minimum absolute atomic E-state index is 0. The number of carboxylic acids is 1. The molecule has 0 saturated carbocycles. The van der Waals surface area contributed by atoms with Crippen LogP contribution in [0.5, 0.6) is 0 Å². The van der Waals surface area contributed by atoms with Gasteiger partial charge >= 0.3 is 75.8 Å². The first-order valence-corrected chi connectivity index (χ1v) is 16.4. The molecule has 0 aliphatic carbocycles. The van der Waals surface area contributed by atoms with Crippen LogP contribution >= 0.6 is 38.2 Å². The Hall–Kier alpha value is 0.232. The van der Waals surface area contributed by atoms with Crippen molar-refractivity contribution in [2.24, 2.45) is 0 Å². The van der Waals surface area contributed by atoms with Crippen LogP contribution in [0.2, 0.25) is 0 Å². The van der Waals surface area contributed by atoms with E-state index in [0.29, 0.717) is 6.42 Å². The third kappa shape index (κ3) is 37.0. The SMILES string of the molecule is Cc1ccccc1.O.O=C(O)CCc1cccnc1.[CH3-].[CH3-].[Cl][Pt+2][Cl].[Cl][Ru][Cl].[NH2-]. The van der Waals surface area contributed by atoms with Gasteiger partial charge in [0.25, 0.3) is 0 Å². The van der Waals surface area contributed by atoms with E-state index in [9.17, 15) is 4.79 Å². The molecule has 0 saturated heterocycles. The van der Waals surface area contributed by atoms with Gasteiger partial charge < -0.3 is 31.6 Å². The quantitative estimate of drug-likeness (QED) is 0.281. The van der Waals surface area contributed by atoms with Gasteiger partial charge in [0.05, 0.1) is 0 Å². The molecule has 28 heavy (non-hydrogen) atoms. The van der Waals surface area contributed by atoms with Crippen molar-refractivity contribution in [1.29, 1.82) is 0 Å². The zero-order valence-corrected chi connectivity index (χ0v) is 22.7. The number of carbonyl (C=O) groups is 1. The number of aryl methyl sites for hydroxylation is 2. The molecule has 0 bridgehead atoms. The van der Waals surface area contributed by atoms with Crippen molar-refractivity contribution in [3.05, 3.63) is 87.0 Å². The van der Waals surface area contributed by atoms with Crippen molar-refractivity contribution in [2.75, 3.05) is 0 Å². The summed E-state index contributed by atoms with van der Waals surface area (Å²) in [5, 5.41) is 8.35. The van der Waals surface area contributed by atoms with Gasteiger partial charge in [-0.1, -0.05) is 42.0 Å². The Morgan fingerprint density at radius 3 is 1.86 bits per heavy atom. The zero-order chi connectivity index (χ0) is 18.6. The van der Waals surface area contributed by atoms with E-state index < -0.39 is 22.5 Å². The van der Waals surface area contributed by atoms with E-state index in [1.165, 1.54) is 5.56 Å². The Morgan fingerprint density at radius 1 is 1.11 bits per heavy atom. The maximum absolute atomic E-state index is 10.2. The first kappa shape index (κ1) is 42.4. The number of halogens is 4. The summed E-state index contributed by atoms with van der Waals surface area (Å²) < 4.78 is 0. The number of aliphatic carboxylic acids is 1. The van der Waals surface area contributed by atoms with Crippen LogP contribution < -0.4 is 0 Å². The molecule has 2 aromatic rings. The Bertz CT molecular complexity index is 516. The molecule has 1 aromatic heterocycles. The topological polar surface area (TPSA) is 115 Å². The molecule has 170 valence electrons. The number of nitrogens with zero attached hydrogens (tertiary/aromatic N) is 1. The molecule has 0 spiro atoms. The Morgan fingerprint density at radius 2 is 1.57 bits per heavy atom. The summed E-state index contributed by atoms with van der Waals surface area (Å²) in [6.07, 6.45) is 4.09. The van der Waals surface area contributed by atoms with Crippen molar-refractivity contribution in [3.8, 4) is 0 Å². The largest absolute Gasteiger partial charge is 0.693 e. The van der Waals surface area contributed by atoms with Crippen LogP contribution in [0, 0.1) is 21.8 Å². The number of hydrogen-bond acceptors (Lipinski definition) is 2. The third-order valence-electron chi connectivity index (χ3n) is 2.29. The van der Waals surface area contributed by atoms with Crippen molar-refractivity contribution >= 4 is 44.2 Å². The normalized spacial score (nSPS) is 7.46. The van der Waals surface area contributed by atoms with Crippen LogP contribution in [0.3, 0.4) is 0 Å². The molecular weight excluding hydrogens is 718 g/mol. The smallest absolute Gasteiger partial charge is 0.693 e.